The third-order valence-electron chi connectivity index (χ3n) is 1.78. The van der Waals surface area contributed by atoms with Crippen molar-refractivity contribution in [3.63, 3.8) is 0 Å². The van der Waals surface area contributed by atoms with E-state index in [0.29, 0.717) is 5.56 Å². The summed E-state index contributed by atoms with van der Waals surface area (Å²) in [6.45, 7) is -0.373. The molecule has 1 N–H and O–H groups in total. The lowest BCUT2D eigenvalue weighted by Gasteiger charge is -2.11. The molecule has 0 aromatic carbocycles. The molecular weight excluding hydrogens is 279 g/mol. The Morgan fingerprint density at radius 1 is 1.50 bits per heavy atom. The van der Waals surface area contributed by atoms with E-state index in [9.17, 15) is 8.78 Å². The summed E-state index contributed by atoms with van der Waals surface area (Å²) < 4.78 is 24.9. The minimum Gasteiger partial charge on any atom is -0.392 e. The molecule has 0 atom stereocenters. The zero-order valence-corrected chi connectivity index (χ0v) is 9.32. The summed E-state index contributed by atoms with van der Waals surface area (Å²) in [5.41, 5.74) is 0.221. The Morgan fingerprint density at radius 2 is 2.14 bits per heavy atom. The average molecular weight is 287 g/mol. The minimum absolute atomic E-state index is 0.191. The number of halogens is 4. The van der Waals surface area contributed by atoms with E-state index in [1.54, 1.807) is 0 Å². The molecule has 6 heteroatoms. The average Bonchev–Trinajstić information content (AvgIpc) is 2.16. The van der Waals surface area contributed by atoms with E-state index < -0.39 is 6.43 Å². The van der Waals surface area contributed by atoms with Crippen molar-refractivity contribution in [2.75, 3.05) is 0 Å². The largest absolute Gasteiger partial charge is 0.392 e. The van der Waals surface area contributed by atoms with Gasteiger partial charge in [-0.15, -0.1) is 0 Å². The van der Waals surface area contributed by atoms with E-state index in [-0.39, 0.29) is 28.2 Å². The van der Waals surface area contributed by atoms with Crippen LogP contribution in [0.2, 0.25) is 5.02 Å². The zero-order valence-electron chi connectivity index (χ0n) is 6.98. The predicted molar refractivity (Wildman–Crippen MR) is 52.8 cm³/mol. The Balaban J connectivity index is 3.33. The molecular formula is C8H7BrClF2NO. The molecule has 14 heavy (non-hydrogen) atoms. The van der Waals surface area contributed by atoms with Crippen LogP contribution in [-0.2, 0) is 11.9 Å². The number of aliphatic hydroxyl groups is 1. The van der Waals surface area contributed by atoms with Crippen molar-refractivity contribution in [2.45, 2.75) is 18.4 Å². The Kier molecular flexibility index (Phi) is 4.22. The molecule has 0 amide bonds. The van der Waals surface area contributed by atoms with Gasteiger partial charge in [0.1, 0.15) is 5.69 Å². The van der Waals surface area contributed by atoms with Gasteiger partial charge in [0.25, 0.3) is 6.43 Å². The second kappa shape index (κ2) is 5.00. The van der Waals surface area contributed by atoms with Gasteiger partial charge in [0.05, 0.1) is 11.6 Å². The first-order chi connectivity index (χ1) is 6.61. The van der Waals surface area contributed by atoms with Crippen molar-refractivity contribution < 1.29 is 13.9 Å². The van der Waals surface area contributed by atoms with E-state index in [2.05, 4.69) is 20.9 Å². The van der Waals surface area contributed by atoms with Gasteiger partial charge >= 0.3 is 0 Å². The van der Waals surface area contributed by atoms with E-state index >= 15 is 0 Å². The smallest absolute Gasteiger partial charge is 0.280 e. The first kappa shape index (κ1) is 11.8. The molecule has 0 fully saturated rings. The molecule has 2 nitrogen and oxygen atoms in total. The maximum atomic E-state index is 12.5. The van der Waals surface area contributed by atoms with E-state index in [4.69, 9.17) is 16.7 Å². The van der Waals surface area contributed by atoms with E-state index in [1.165, 1.54) is 0 Å². The standard InChI is InChI=1S/C8H7BrClF2NO/c9-1-4-5(3-14)6(10)2-13-7(4)8(11)12/h2,8,14H,1,3H2. The van der Waals surface area contributed by atoms with Gasteiger partial charge in [-0.3, -0.25) is 4.98 Å². The van der Waals surface area contributed by atoms with Gasteiger partial charge in [0, 0.05) is 17.1 Å². The Bertz CT molecular complexity index is 335. The number of hydrogen-bond acceptors (Lipinski definition) is 2. The molecule has 0 spiro atoms. The van der Waals surface area contributed by atoms with Crippen LogP contribution < -0.4 is 0 Å². The van der Waals surface area contributed by atoms with Gasteiger partial charge in [-0.2, -0.15) is 0 Å². The third kappa shape index (κ3) is 2.21. The maximum Gasteiger partial charge on any atom is 0.280 e. The van der Waals surface area contributed by atoms with E-state index in [0.717, 1.165) is 6.20 Å². The first-order valence-corrected chi connectivity index (χ1v) is 5.22. The number of hydrogen-bond donors (Lipinski definition) is 1. The molecule has 0 aliphatic heterocycles. The molecule has 0 bridgehead atoms. The van der Waals surface area contributed by atoms with Gasteiger partial charge in [-0.1, -0.05) is 27.5 Å². The summed E-state index contributed by atoms with van der Waals surface area (Å²) in [6.07, 6.45) is -1.54. The molecule has 0 radical (unpaired) electrons. The van der Waals surface area contributed by atoms with Crippen molar-refractivity contribution in [1.29, 1.82) is 0 Å². The van der Waals surface area contributed by atoms with Crippen LogP contribution in [0.5, 0.6) is 0 Å². The molecule has 1 rings (SSSR count). The van der Waals surface area contributed by atoms with Crippen LogP contribution in [0.4, 0.5) is 8.78 Å². The quantitative estimate of drug-likeness (QED) is 0.866. The molecule has 0 aliphatic carbocycles. The highest BCUT2D eigenvalue weighted by atomic mass is 79.9. The lowest BCUT2D eigenvalue weighted by molar-refractivity contribution is 0.144. The number of rotatable bonds is 3. The number of aliphatic hydroxyl groups excluding tert-OH is 1. The fourth-order valence-electron chi connectivity index (χ4n) is 1.09. The second-order valence-electron chi connectivity index (χ2n) is 2.54. The Morgan fingerprint density at radius 3 is 2.57 bits per heavy atom. The van der Waals surface area contributed by atoms with Gasteiger partial charge < -0.3 is 5.11 Å². The Labute approximate surface area is 93.0 Å². The van der Waals surface area contributed by atoms with Crippen molar-refractivity contribution in [3.8, 4) is 0 Å². The molecule has 0 aliphatic rings. The summed E-state index contributed by atoms with van der Waals surface area (Å²) in [5, 5.41) is 9.35. The monoisotopic (exact) mass is 285 g/mol. The summed E-state index contributed by atoms with van der Waals surface area (Å²) in [7, 11) is 0. The highest BCUT2D eigenvalue weighted by Crippen LogP contribution is 2.29. The highest BCUT2D eigenvalue weighted by Gasteiger charge is 2.18. The van der Waals surface area contributed by atoms with Crippen LogP contribution >= 0.6 is 27.5 Å². The van der Waals surface area contributed by atoms with Crippen molar-refractivity contribution in [1.82, 2.24) is 4.98 Å². The summed E-state index contributed by atoms with van der Waals surface area (Å²) in [5.74, 6) is 0. The zero-order chi connectivity index (χ0) is 10.7. The number of aromatic nitrogens is 1. The maximum absolute atomic E-state index is 12.5. The summed E-state index contributed by atoms with van der Waals surface area (Å²) >= 11 is 8.76. The molecule has 1 aromatic heterocycles. The predicted octanol–water partition coefficient (Wildman–Crippen LogP) is 3.06. The van der Waals surface area contributed by atoms with Crippen LogP contribution in [-0.4, -0.2) is 10.1 Å². The number of pyridine rings is 1. The second-order valence-corrected chi connectivity index (χ2v) is 3.51. The number of nitrogens with zero attached hydrogens (tertiary/aromatic N) is 1. The Hall–Kier alpha value is -0.260. The van der Waals surface area contributed by atoms with Gasteiger partial charge in [0.15, 0.2) is 0 Å². The van der Waals surface area contributed by atoms with Crippen LogP contribution in [0.25, 0.3) is 0 Å². The van der Waals surface area contributed by atoms with Gasteiger partial charge in [-0.05, 0) is 5.56 Å². The molecule has 78 valence electrons. The molecule has 1 heterocycles. The summed E-state index contributed by atoms with van der Waals surface area (Å²) in [6, 6.07) is 0. The highest BCUT2D eigenvalue weighted by molar-refractivity contribution is 9.08. The van der Waals surface area contributed by atoms with Gasteiger partial charge in [0.2, 0.25) is 0 Å². The van der Waals surface area contributed by atoms with Crippen LogP contribution in [0, 0.1) is 0 Å². The first-order valence-electron chi connectivity index (χ1n) is 3.73. The van der Waals surface area contributed by atoms with Crippen LogP contribution in [0.15, 0.2) is 6.20 Å². The van der Waals surface area contributed by atoms with Crippen LogP contribution in [0.3, 0.4) is 0 Å². The van der Waals surface area contributed by atoms with Gasteiger partial charge in [-0.25, -0.2) is 8.78 Å². The molecule has 0 saturated heterocycles. The van der Waals surface area contributed by atoms with Crippen molar-refractivity contribution in [3.05, 3.63) is 28.0 Å². The normalized spacial score (nSPS) is 11.0. The van der Waals surface area contributed by atoms with Crippen molar-refractivity contribution in [2.24, 2.45) is 0 Å². The lowest BCUT2D eigenvalue weighted by atomic mass is 10.1. The molecule has 0 unspecified atom stereocenters. The third-order valence-corrected chi connectivity index (χ3v) is 2.66. The van der Waals surface area contributed by atoms with Crippen molar-refractivity contribution >= 4 is 27.5 Å². The minimum atomic E-state index is -2.66. The lowest BCUT2D eigenvalue weighted by Crippen LogP contribution is -2.02. The summed E-state index contributed by atoms with van der Waals surface area (Å²) in [4.78, 5) is 3.53. The SMILES string of the molecule is OCc1c(Cl)cnc(C(F)F)c1CBr. The van der Waals surface area contributed by atoms with Crippen LogP contribution in [0.1, 0.15) is 23.2 Å². The van der Waals surface area contributed by atoms with E-state index in [1.807, 2.05) is 0 Å². The molecule has 0 saturated carbocycles. The number of alkyl halides is 3. The fourth-order valence-corrected chi connectivity index (χ4v) is 1.94. The molecule has 1 aromatic rings. The fraction of sp³-hybridized carbons (Fsp3) is 0.375. The topological polar surface area (TPSA) is 33.1 Å².